The van der Waals surface area contributed by atoms with Crippen molar-refractivity contribution in [2.45, 2.75) is 55.5 Å². The smallest absolute Gasteiger partial charge is 0.475 e. The number of piperazine rings is 1. The van der Waals surface area contributed by atoms with Crippen LogP contribution in [0.1, 0.15) is 24.1 Å². The normalized spacial score (nSPS) is 17.9. The third-order valence-electron chi connectivity index (χ3n) is 7.42. The number of aromatic nitrogens is 1. The Hall–Kier alpha value is -3.72. The molecule has 2 aromatic heterocycles. The maximum atomic E-state index is 13.7. The highest BCUT2D eigenvalue weighted by Gasteiger charge is 2.44. The number of carboxylic acid groups (broad SMARTS) is 1. The number of halogens is 7. The zero-order chi connectivity index (χ0) is 36.3. The Labute approximate surface area is 284 Å². The summed E-state index contributed by atoms with van der Waals surface area (Å²) in [6.07, 6.45) is -8.97. The second kappa shape index (κ2) is 15.0. The molecular weight excluding hydrogens is 732 g/mol. The SMILES string of the molecule is Cc1c(N2CCCC2=O)cccc1S(=O)(=O)NC(Cc1cc(-c2ccc(Cl)s2)on1)C(=O)N1CCNC(C(F)(F)F)C1.O=C(O)C(F)(F)F. The average Bonchev–Trinajstić information content (AvgIpc) is 3.77. The van der Waals surface area contributed by atoms with Crippen molar-refractivity contribution in [2.75, 3.05) is 31.1 Å². The van der Waals surface area contributed by atoms with Crippen molar-refractivity contribution in [2.24, 2.45) is 0 Å². The summed E-state index contributed by atoms with van der Waals surface area (Å²) >= 11 is 7.23. The van der Waals surface area contributed by atoms with Crippen molar-refractivity contribution >= 4 is 56.4 Å². The zero-order valence-corrected chi connectivity index (χ0v) is 27.7. The van der Waals surface area contributed by atoms with Gasteiger partial charge in [-0.1, -0.05) is 22.8 Å². The van der Waals surface area contributed by atoms with Gasteiger partial charge in [-0.05, 0) is 43.2 Å². The van der Waals surface area contributed by atoms with Crippen LogP contribution in [0.5, 0.6) is 0 Å². The van der Waals surface area contributed by atoms with Gasteiger partial charge in [0.05, 0.1) is 19.8 Å². The molecule has 3 aromatic rings. The van der Waals surface area contributed by atoms with E-state index >= 15 is 0 Å². The quantitative estimate of drug-likeness (QED) is 0.283. The Bertz CT molecular complexity index is 1800. The van der Waals surface area contributed by atoms with Gasteiger partial charge in [-0.15, -0.1) is 11.3 Å². The van der Waals surface area contributed by atoms with Gasteiger partial charge >= 0.3 is 18.3 Å². The molecule has 3 N–H and O–H groups in total. The molecule has 2 aliphatic rings. The van der Waals surface area contributed by atoms with Gasteiger partial charge in [0.15, 0.2) is 5.76 Å². The topological polar surface area (TPSA) is 162 Å². The fourth-order valence-electron chi connectivity index (χ4n) is 5.09. The van der Waals surface area contributed by atoms with Gasteiger partial charge in [0.2, 0.25) is 21.8 Å². The molecule has 4 heterocycles. The highest BCUT2D eigenvalue weighted by atomic mass is 35.5. The minimum Gasteiger partial charge on any atom is -0.475 e. The molecule has 268 valence electrons. The summed E-state index contributed by atoms with van der Waals surface area (Å²) in [4.78, 5) is 37.9. The second-order valence-corrected chi connectivity index (χ2v) is 14.2. The molecule has 0 bridgehead atoms. The molecule has 12 nitrogen and oxygen atoms in total. The van der Waals surface area contributed by atoms with Crippen LogP contribution >= 0.6 is 22.9 Å². The standard InChI is InChI=1S/C26H27ClF3N5O5S2.C2HF3O2/c1-15-18(35-10-3-6-24(35)36)4-2-5-21(15)42(38,39)33-17(25(37)34-11-9-31-22(14-34)26(28,29)30)12-16-13-19(40-32-16)20-7-8-23(27)41-20;3-2(4,5)1(6)7/h2,4-5,7-8,13,17,22,31,33H,3,6,9-12,14H2,1H3;(H,6,7). The molecule has 2 unspecified atom stereocenters. The number of carbonyl (C=O) groups excluding carboxylic acids is 2. The first-order valence-corrected chi connectivity index (χ1v) is 17.0. The van der Waals surface area contributed by atoms with Crippen LogP contribution in [0.25, 0.3) is 10.6 Å². The molecule has 2 aliphatic heterocycles. The van der Waals surface area contributed by atoms with Crippen LogP contribution in [0, 0.1) is 6.92 Å². The first-order chi connectivity index (χ1) is 22.8. The number of nitrogens with one attached hydrogen (secondary N) is 2. The summed E-state index contributed by atoms with van der Waals surface area (Å²) in [5.74, 6) is -3.37. The lowest BCUT2D eigenvalue weighted by Gasteiger charge is -2.36. The number of carbonyl (C=O) groups is 3. The molecule has 21 heteroatoms. The number of anilines is 1. The Morgan fingerprint density at radius 3 is 2.45 bits per heavy atom. The number of rotatable bonds is 8. The van der Waals surface area contributed by atoms with Gasteiger partial charge in [-0.2, -0.15) is 31.1 Å². The highest BCUT2D eigenvalue weighted by molar-refractivity contribution is 7.89. The van der Waals surface area contributed by atoms with E-state index in [1.165, 1.54) is 34.4 Å². The van der Waals surface area contributed by atoms with Crippen molar-refractivity contribution in [3.8, 4) is 10.6 Å². The number of thiophene rings is 1. The summed E-state index contributed by atoms with van der Waals surface area (Å²) in [6, 6.07) is 5.95. The van der Waals surface area contributed by atoms with Crippen LogP contribution < -0.4 is 14.9 Å². The maximum absolute atomic E-state index is 13.7. The largest absolute Gasteiger partial charge is 0.490 e. The van der Waals surface area contributed by atoms with Gasteiger partial charge in [0.1, 0.15) is 12.1 Å². The third kappa shape index (κ3) is 9.50. The van der Waals surface area contributed by atoms with Gasteiger partial charge in [0.25, 0.3) is 0 Å². The monoisotopic (exact) mass is 759 g/mol. The summed E-state index contributed by atoms with van der Waals surface area (Å²) < 4.78 is 108. The highest BCUT2D eigenvalue weighted by Crippen LogP contribution is 2.33. The number of alkyl halides is 6. The number of nitrogens with zero attached hydrogens (tertiary/aromatic N) is 3. The minimum atomic E-state index is -5.08. The van der Waals surface area contributed by atoms with Crippen LogP contribution in [0.15, 0.2) is 45.8 Å². The zero-order valence-electron chi connectivity index (χ0n) is 25.3. The predicted molar refractivity (Wildman–Crippen MR) is 164 cm³/mol. The summed E-state index contributed by atoms with van der Waals surface area (Å²) in [7, 11) is -4.39. The van der Waals surface area contributed by atoms with Gasteiger partial charge in [-0.25, -0.2) is 13.2 Å². The fourth-order valence-corrected chi connectivity index (χ4v) is 7.53. The third-order valence-corrected chi connectivity index (χ3v) is 10.3. The molecule has 0 saturated carbocycles. The van der Waals surface area contributed by atoms with Crippen LogP contribution in [0.3, 0.4) is 0 Å². The van der Waals surface area contributed by atoms with Crippen molar-refractivity contribution in [3.63, 3.8) is 0 Å². The summed E-state index contributed by atoms with van der Waals surface area (Å²) in [5, 5.41) is 13.4. The Kier molecular flexibility index (Phi) is 11.7. The molecule has 0 radical (unpaired) electrons. The van der Waals surface area contributed by atoms with E-state index in [0.29, 0.717) is 45.6 Å². The Morgan fingerprint density at radius 1 is 1.18 bits per heavy atom. The molecule has 0 spiro atoms. The number of hydrogen-bond acceptors (Lipinski definition) is 9. The first-order valence-electron chi connectivity index (χ1n) is 14.3. The molecule has 2 fully saturated rings. The molecule has 49 heavy (non-hydrogen) atoms. The molecule has 0 aliphatic carbocycles. The number of aliphatic carboxylic acids is 1. The Morgan fingerprint density at radius 2 is 1.88 bits per heavy atom. The van der Waals surface area contributed by atoms with Crippen LogP contribution in [-0.4, -0.2) is 92.0 Å². The maximum Gasteiger partial charge on any atom is 0.490 e. The molecule has 5 rings (SSSR count). The predicted octanol–water partition coefficient (Wildman–Crippen LogP) is 4.38. The first kappa shape index (κ1) is 38.1. The lowest BCUT2D eigenvalue weighted by atomic mass is 10.1. The fraction of sp³-hybridized carbons (Fsp3) is 0.429. The van der Waals surface area contributed by atoms with Gasteiger partial charge in [0, 0.05) is 50.8 Å². The minimum absolute atomic E-state index is 0.0486. The summed E-state index contributed by atoms with van der Waals surface area (Å²) in [5.41, 5.74) is 0.962. The van der Waals surface area contributed by atoms with E-state index in [2.05, 4.69) is 15.2 Å². The van der Waals surface area contributed by atoms with E-state index in [0.717, 1.165) is 4.90 Å². The van der Waals surface area contributed by atoms with Crippen molar-refractivity contribution < 1.29 is 58.8 Å². The van der Waals surface area contributed by atoms with Crippen molar-refractivity contribution in [3.05, 3.63) is 52.0 Å². The Balaban J connectivity index is 0.000000698. The van der Waals surface area contributed by atoms with Crippen LogP contribution in [-0.2, 0) is 30.8 Å². The van der Waals surface area contributed by atoms with E-state index in [1.54, 1.807) is 25.1 Å². The number of hydrogen-bond donors (Lipinski definition) is 3. The number of amides is 2. The average molecular weight is 760 g/mol. The number of benzene rings is 1. The van der Waals surface area contributed by atoms with E-state index < -0.39 is 52.9 Å². The van der Waals surface area contributed by atoms with Gasteiger partial charge in [-0.3, -0.25) is 9.59 Å². The molecule has 2 atom stereocenters. The second-order valence-electron chi connectivity index (χ2n) is 10.8. The van der Waals surface area contributed by atoms with Crippen LogP contribution in [0.4, 0.5) is 32.0 Å². The van der Waals surface area contributed by atoms with Crippen molar-refractivity contribution in [1.29, 1.82) is 0 Å². The molecule has 2 saturated heterocycles. The molecule has 2 amide bonds. The lowest BCUT2D eigenvalue weighted by Crippen LogP contribution is -2.61. The number of sulfonamides is 1. The van der Waals surface area contributed by atoms with E-state index in [4.69, 9.17) is 26.0 Å². The lowest BCUT2D eigenvalue weighted by molar-refractivity contribution is -0.192. The molecule has 1 aromatic carbocycles. The summed E-state index contributed by atoms with van der Waals surface area (Å²) in [6.45, 7) is 1.17. The van der Waals surface area contributed by atoms with E-state index in [-0.39, 0.29) is 36.0 Å². The van der Waals surface area contributed by atoms with Gasteiger partial charge < -0.3 is 24.7 Å². The van der Waals surface area contributed by atoms with Crippen molar-refractivity contribution in [1.82, 2.24) is 20.1 Å². The number of carboxylic acids is 1. The van der Waals surface area contributed by atoms with Crippen LogP contribution in [0.2, 0.25) is 4.34 Å². The molecular formula is C28H28ClF6N5O7S2. The van der Waals surface area contributed by atoms with E-state index in [1.807, 2.05) is 0 Å². The van der Waals surface area contributed by atoms with E-state index in [9.17, 15) is 44.3 Å².